The molecule has 2 saturated heterocycles. The Kier molecular flexibility index (Phi) is 4.91. The first kappa shape index (κ1) is 20.1. The van der Waals surface area contributed by atoms with Gasteiger partial charge < -0.3 is 0 Å². The Labute approximate surface area is 189 Å². The SMILES string of the molecule is CCn1ncc(CN2CC3(CN(Cc4ccccc4)CC3c3nc(C4CC4)n[nH]3)C2)c1C. The zero-order valence-corrected chi connectivity index (χ0v) is 19.2. The highest BCUT2D eigenvalue weighted by Crippen LogP contribution is 2.49. The molecular weight excluding hydrogens is 398 g/mol. The van der Waals surface area contributed by atoms with E-state index in [2.05, 4.69) is 80.2 Å². The van der Waals surface area contributed by atoms with Crippen molar-refractivity contribution in [1.29, 1.82) is 0 Å². The third-order valence-electron chi connectivity index (χ3n) is 7.74. The molecule has 0 bridgehead atoms. The van der Waals surface area contributed by atoms with Gasteiger partial charge in [0.1, 0.15) is 5.82 Å². The number of H-pyrrole nitrogens is 1. The van der Waals surface area contributed by atoms with Gasteiger partial charge in [0.25, 0.3) is 0 Å². The molecule has 1 spiro atoms. The Balaban J connectivity index is 1.20. The van der Waals surface area contributed by atoms with E-state index in [0.29, 0.717) is 11.8 Å². The van der Waals surface area contributed by atoms with Crippen molar-refractivity contribution in [2.24, 2.45) is 5.41 Å². The summed E-state index contributed by atoms with van der Waals surface area (Å²) in [6.45, 7) is 11.7. The maximum atomic E-state index is 4.99. The summed E-state index contributed by atoms with van der Waals surface area (Å²) in [7, 11) is 0. The molecule has 2 aromatic heterocycles. The second-order valence-electron chi connectivity index (χ2n) is 10.1. The van der Waals surface area contributed by atoms with Crippen molar-refractivity contribution in [2.45, 2.75) is 58.2 Å². The van der Waals surface area contributed by atoms with Crippen LogP contribution < -0.4 is 0 Å². The molecule has 1 aliphatic carbocycles. The monoisotopic (exact) mass is 431 g/mol. The molecule has 1 saturated carbocycles. The number of aromatic amines is 1. The van der Waals surface area contributed by atoms with Crippen LogP contribution in [0.2, 0.25) is 0 Å². The van der Waals surface area contributed by atoms with E-state index >= 15 is 0 Å². The molecule has 2 aliphatic heterocycles. The lowest BCUT2D eigenvalue weighted by Gasteiger charge is -2.50. The van der Waals surface area contributed by atoms with Crippen LogP contribution in [-0.4, -0.2) is 60.9 Å². The summed E-state index contributed by atoms with van der Waals surface area (Å²) < 4.78 is 2.10. The van der Waals surface area contributed by atoms with Gasteiger partial charge in [-0.05, 0) is 32.3 Å². The highest BCUT2D eigenvalue weighted by Gasteiger charge is 2.55. The van der Waals surface area contributed by atoms with Crippen molar-refractivity contribution in [3.63, 3.8) is 0 Å². The standard InChI is InChI=1S/C25H33N7/c1-3-32-18(2)21(11-26-32)13-31-16-25(17-31)15-30(12-19-7-5-4-6-8-19)14-22(25)24-27-23(28-29-24)20-9-10-20/h4-8,11,20,22H,3,9-10,12-17H2,1-2H3,(H,27,28,29). The van der Waals surface area contributed by atoms with E-state index in [1.54, 1.807) is 0 Å². The number of aryl methyl sites for hydroxylation is 1. The third kappa shape index (κ3) is 3.57. The minimum absolute atomic E-state index is 0.254. The van der Waals surface area contributed by atoms with E-state index in [0.717, 1.165) is 57.5 Å². The maximum absolute atomic E-state index is 4.99. The number of hydrogen-bond donors (Lipinski definition) is 1. The summed E-state index contributed by atoms with van der Waals surface area (Å²) in [5, 5.41) is 12.5. The molecule has 0 amide bonds. The Morgan fingerprint density at radius 2 is 1.84 bits per heavy atom. The van der Waals surface area contributed by atoms with Gasteiger partial charge in [0.05, 0.1) is 6.20 Å². The van der Waals surface area contributed by atoms with Crippen LogP contribution in [0.15, 0.2) is 36.5 Å². The fourth-order valence-corrected chi connectivity index (χ4v) is 5.86. The molecule has 6 rings (SSSR count). The fraction of sp³-hybridized carbons (Fsp3) is 0.560. The molecule has 1 aromatic carbocycles. The number of rotatable bonds is 7. The molecule has 3 aromatic rings. The molecule has 3 aliphatic rings. The zero-order chi connectivity index (χ0) is 21.7. The Bertz CT molecular complexity index is 1070. The molecule has 1 atom stereocenters. The summed E-state index contributed by atoms with van der Waals surface area (Å²) in [5.74, 6) is 3.16. The van der Waals surface area contributed by atoms with E-state index in [4.69, 9.17) is 4.98 Å². The van der Waals surface area contributed by atoms with Crippen LogP contribution >= 0.6 is 0 Å². The smallest absolute Gasteiger partial charge is 0.153 e. The first-order chi connectivity index (χ1) is 15.6. The minimum Gasteiger partial charge on any atom is -0.298 e. The number of nitrogens with zero attached hydrogens (tertiary/aromatic N) is 6. The van der Waals surface area contributed by atoms with Crippen molar-refractivity contribution < 1.29 is 0 Å². The number of nitrogens with one attached hydrogen (secondary N) is 1. The molecule has 4 heterocycles. The lowest BCUT2D eigenvalue weighted by molar-refractivity contribution is -0.0112. The summed E-state index contributed by atoms with van der Waals surface area (Å²) in [5.41, 5.74) is 4.29. The molecule has 0 radical (unpaired) electrons. The third-order valence-corrected chi connectivity index (χ3v) is 7.74. The van der Waals surface area contributed by atoms with Gasteiger partial charge in [-0.2, -0.15) is 10.2 Å². The van der Waals surface area contributed by atoms with Gasteiger partial charge in [-0.3, -0.25) is 19.6 Å². The summed E-state index contributed by atoms with van der Waals surface area (Å²) >= 11 is 0. The number of likely N-dealkylation sites (tertiary alicyclic amines) is 2. The number of benzene rings is 1. The lowest BCUT2D eigenvalue weighted by atomic mass is 9.71. The second-order valence-corrected chi connectivity index (χ2v) is 10.1. The van der Waals surface area contributed by atoms with Gasteiger partial charge in [0.15, 0.2) is 5.82 Å². The Hall–Kier alpha value is -2.51. The van der Waals surface area contributed by atoms with Gasteiger partial charge in [-0.1, -0.05) is 30.3 Å². The zero-order valence-electron chi connectivity index (χ0n) is 19.2. The maximum Gasteiger partial charge on any atom is 0.153 e. The molecule has 168 valence electrons. The van der Waals surface area contributed by atoms with Crippen LogP contribution in [0.4, 0.5) is 0 Å². The average Bonchev–Trinajstić information content (AvgIpc) is 3.23. The Morgan fingerprint density at radius 3 is 2.56 bits per heavy atom. The second kappa shape index (κ2) is 7.81. The lowest BCUT2D eigenvalue weighted by Crippen LogP contribution is -2.59. The van der Waals surface area contributed by atoms with Gasteiger partial charge in [0.2, 0.25) is 0 Å². The van der Waals surface area contributed by atoms with E-state index in [1.165, 1.54) is 29.7 Å². The highest BCUT2D eigenvalue weighted by atomic mass is 15.3. The van der Waals surface area contributed by atoms with Crippen molar-refractivity contribution >= 4 is 0 Å². The normalized spacial score (nSPS) is 23.1. The largest absolute Gasteiger partial charge is 0.298 e. The molecule has 1 N–H and O–H groups in total. The molecule has 32 heavy (non-hydrogen) atoms. The van der Waals surface area contributed by atoms with E-state index < -0.39 is 0 Å². The quantitative estimate of drug-likeness (QED) is 0.622. The topological polar surface area (TPSA) is 65.9 Å². The predicted molar refractivity (Wildman–Crippen MR) is 123 cm³/mol. The van der Waals surface area contributed by atoms with Crippen molar-refractivity contribution in [1.82, 2.24) is 34.8 Å². The summed E-state index contributed by atoms with van der Waals surface area (Å²) in [4.78, 5) is 10.2. The fourth-order valence-electron chi connectivity index (χ4n) is 5.86. The van der Waals surface area contributed by atoms with Crippen molar-refractivity contribution in [2.75, 3.05) is 26.2 Å². The Morgan fingerprint density at radius 1 is 1.06 bits per heavy atom. The number of aromatic nitrogens is 5. The summed E-state index contributed by atoms with van der Waals surface area (Å²) in [6, 6.07) is 10.8. The molecule has 7 nitrogen and oxygen atoms in total. The van der Waals surface area contributed by atoms with Crippen LogP contribution in [0, 0.1) is 12.3 Å². The van der Waals surface area contributed by atoms with Crippen molar-refractivity contribution in [3.05, 3.63) is 65.0 Å². The van der Waals surface area contributed by atoms with Gasteiger partial charge in [-0.25, -0.2) is 4.98 Å². The van der Waals surface area contributed by atoms with Crippen LogP contribution in [0.1, 0.15) is 60.1 Å². The molecular formula is C25H33N7. The van der Waals surface area contributed by atoms with Crippen molar-refractivity contribution in [3.8, 4) is 0 Å². The van der Waals surface area contributed by atoms with Gasteiger partial charge in [0, 0.05) is 74.3 Å². The van der Waals surface area contributed by atoms with Gasteiger partial charge in [-0.15, -0.1) is 0 Å². The first-order valence-corrected chi connectivity index (χ1v) is 12.1. The average molecular weight is 432 g/mol. The highest BCUT2D eigenvalue weighted by molar-refractivity contribution is 5.23. The summed E-state index contributed by atoms with van der Waals surface area (Å²) in [6.07, 6.45) is 4.54. The van der Waals surface area contributed by atoms with Crippen LogP contribution in [0.5, 0.6) is 0 Å². The molecule has 7 heteroatoms. The van der Waals surface area contributed by atoms with E-state index in [1.807, 2.05) is 0 Å². The van der Waals surface area contributed by atoms with Gasteiger partial charge >= 0.3 is 0 Å². The van der Waals surface area contributed by atoms with Crippen LogP contribution in [-0.2, 0) is 19.6 Å². The molecule has 3 fully saturated rings. The molecule has 1 unspecified atom stereocenters. The van der Waals surface area contributed by atoms with E-state index in [9.17, 15) is 0 Å². The van der Waals surface area contributed by atoms with Crippen LogP contribution in [0.25, 0.3) is 0 Å². The first-order valence-electron chi connectivity index (χ1n) is 12.1. The predicted octanol–water partition coefficient (Wildman–Crippen LogP) is 3.31. The van der Waals surface area contributed by atoms with Crippen LogP contribution in [0.3, 0.4) is 0 Å². The van der Waals surface area contributed by atoms with E-state index in [-0.39, 0.29) is 5.41 Å². The minimum atomic E-state index is 0.254. The number of hydrogen-bond acceptors (Lipinski definition) is 5.